The summed E-state index contributed by atoms with van der Waals surface area (Å²) in [6.07, 6.45) is 3.47. The highest BCUT2D eigenvalue weighted by molar-refractivity contribution is 5.82. The molecule has 1 heterocycles. The summed E-state index contributed by atoms with van der Waals surface area (Å²) < 4.78 is 17.4. The van der Waals surface area contributed by atoms with Crippen molar-refractivity contribution in [1.29, 1.82) is 0 Å². The second-order valence-electron chi connectivity index (χ2n) is 5.55. The van der Waals surface area contributed by atoms with Crippen LogP contribution in [0.15, 0.2) is 30.6 Å². The number of nitrogens with two attached hydrogens (primary N) is 1. The molecule has 2 unspecified atom stereocenters. The van der Waals surface area contributed by atoms with Crippen molar-refractivity contribution in [3.63, 3.8) is 0 Å². The number of aromatic nitrogens is 2. The van der Waals surface area contributed by atoms with Gasteiger partial charge in [0, 0.05) is 32.6 Å². The van der Waals surface area contributed by atoms with Crippen molar-refractivity contribution in [3.05, 3.63) is 42.0 Å². The molecule has 0 spiro atoms. The zero-order valence-electron chi connectivity index (χ0n) is 14.9. The molecule has 8 nitrogen and oxygen atoms in total. The molecule has 0 aliphatic rings. The Morgan fingerprint density at radius 2 is 1.88 bits per heavy atom. The van der Waals surface area contributed by atoms with Gasteiger partial charge in [-0.3, -0.25) is 4.79 Å². The third kappa shape index (κ3) is 4.49. The van der Waals surface area contributed by atoms with E-state index in [1.807, 2.05) is 23.7 Å². The number of nitrogens with zero attached hydrogens (tertiary/aromatic N) is 2. The van der Waals surface area contributed by atoms with Crippen LogP contribution in [0.4, 0.5) is 0 Å². The summed E-state index contributed by atoms with van der Waals surface area (Å²) in [5.74, 6) is 1.55. The van der Waals surface area contributed by atoms with Gasteiger partial charge in [-0.25, -0.2) is 4.98 Å². The van der Waals surface area contributed by atoms with Crippen molar-refractivity contribution in [1.82, 2.24) is 14.9 Å². The highest BCUT2D eigenvalue weighted by atomic mass is 16.5. The monoisotopic (exact) mass is 348 g/mol. The van der Waals surface area contributed by atoms with Crippen molar-refractivity contribution in [2.75, 3.05) is 27.9 Å². The van der Waals surface area contributed by atoms with Gasteiger partial charge in [-0.15, -0.1) is 0 Å². The maximum Gasteiger partial charge on any atom is 0.240 e. The predicted octanol–water partition coefficient (Wildman–Crippen LogP) is 0.617. The highest BCUT2D eigenvalue weighted by Gasteiger charge is 2.24. The van der Waals surface area contributed by atoms with E-state index in [0.717, 1.165) is 5.56 Å². The lowest BCUT2D eigenvalue weighted by Gasteiger charge is -2.22. The Kier molecular flexibility index (Phi) is 6.37. The summed E-state index contributed by atoms with van der Waals surface area (Å²) in [6.45, 7) is 0.126. The third-order valence-electron chi connectivity index (χ3n) is 3.79. The Morgan fingerprint density at radius 3 is 2.36 bits per heavy atom. The first-order chi connectivity index (χ1) is 12.0. The van der Waals surface area contributed by atoms with Gasteiger partial charge in [0.05, 0.1) is 20.8 Å². The average molecular weight is 348 g/mol. The third-order valence-corrected chi connectivity index (χ3v) is 3.79. The molecule has 2 aromatic rings. The molecule has 1 aromatic heterocycles. The number of aryl methyl sites for hydroxylation is 1. The molecule has 2 rings (SSSR count). The van der Waals surface area contributed by atoms with Crippen LogP contribution in [-0.4, -0.2) is 49.4 Å². The molecule has 0 fully saturated rings. The summed E-state index contributed by atoms with van der Waals surface area (Å²) in [6, 6.07) is 4.12. The molecule has 0 saturated carbocycles. The van der Waals surface area contributed by atoms with Crippen LogP contribution in [0.1, 0.15) is 17.4 Å². The Balaban J connectivity index is 2.42. The minimum Gasteiger partial charge on any atom is -0.497 e. The van der Waals surface area contributed by atoms with E-state index in [4.69, 9.17) is 19.9 Å². The lowest BCUT2D eigenvalue weighted by atomic mass is 10.0. The van der Waals surface area contributed by atoms with Crippen LogP contribution in [0.25, 0.3) is 0 Å². The van der Waals surface area contributed by atoms with Crippen molar-refractivity contribution in [2.45, 2.75) is 12.1 Å². The average Bonchev–Trinajstić information content (AvgIpc) is 3.04. The van der Waals surface area contributed by atoms with Gasteiger partial charge in [-0.1, -0.05) is 0 Å². The fourth-order valence-corrected chi connectivity index (χ4v) is 2.45. The lowest BCUT2D eigenvalue weighted by Crippen LogP contribution is -2.45. The second-order valence-corrected chi connectivity index (χ2v) is 5.55. The number of imidazole rings is 1. The summed E-state index contributed by atoms with van der Waals surface area (Å²) in [5, 5.41) is 2.93. The number of benzene rings is 1. The zero-order valence-corrected chi connectivity index (χ0v) is 14.9. The van der Waals surface area contributed by atoms with Gasteiger partial charge in [-0.05, 0) is 17.7 Å². The maximum atomic E-state index is 12.4. The first kappa shape index (κ1) is 18.8. The fourth-order valence-electron chi connectivity index (χ4n) is 2.45. The number of methoxy groups -OCH3 is 3. The van der Waals surface area contributed by atoms with Crippen LogP contribution < -0.4 is 20.5 Å². The van der Waals surface area contributed by atoms with Gasteiger partial charge in [0.1, 0.15) is 29.4 Å². The van der Waals surface area contributed by atoms with Gasteiger partial charge >= 0.3 is 0 Å². The summed E-state index contributed by atoms with van der Waals surface area (Å²) >= 11 is 0. The Hall–Kier alpha value is -2.58. The smallest absolute Gasteiger partial charge is 0.240 e. The number of nitrogens with one attached hydrogen (secondary N) is 1. The van der Waals surface area contributed by atoms with Crippen LogP contribution in [0.5, 0.6) is 11.5 Å². The molecule has 3 N–H and O–H groups in total. The minimum absolute atomic E-state index is 0.126. The zero-order chi connectivity index (χ0) is 18.4. The molecule has 25 heavy (non-hydrogen) atoms. The van der Waals surface area contributed by atoms with Crippen LogP contribution in [0, 0.1) is 0 Å². The largest absolute Gasteiger partial charge is 0.497 e. The molecule has 2 atom stereocenters. The fraction of sp³-hybridized carbons (Fsp3) is 0.412. The second kappa shape index (κ2) is 8.50. The molecule has 0 radical (unpaired) electrons. The van der Waals surface area contributed by atoms with Crippen LogP contribution in [0.3, 0.4) is 0 Å². The van der Waals surface area contributed by atoms with Crippen LogP contribution in [-0.2, 0) is 16.6 Å². The quantitative estimate of drug-likeness (QED) is 0.725. The first-order valence-electron chi connectivity index (χ1n) is 7.75. The van der Waals surface area contributed by atoms with Crippen LogP contribution >= 0.6 is 0 Å². The molecule has 0 aliphatic carbocycles. The van der Waals surface area contributed by atoms with Crippen LogP contribution in [0.2, 0.25) is 0 Å². The number of carbonyl (C=O) groups excluding carboxylic acids is 1. The van der Waals surface area contributed by atoms with Gasteiger partial charge in [0.2, 0.25) is 5.91 Å². The molecule has 0 aliphatic heterocycles. The Labute approximate surface area is 146 Å². The van der Waals surface area contributed by atoms with Crippen molar-refractivity contribution in [3.8, 4) is 11.5 Å². The number of amides is 1. The summed E-state index contributed by atoms with van der Waals surface area (Å²) in [4.78, 5) is 16.8. The molecule has 1 aromatic carbocycles. The molecule has 1 amide bonds. The van der Waals surface area contributed by atoms with E-state index in [-0.39, 0.29) is 12.5 Å². The van der Waals surface area contributed by atoms with E-state index >= 15 is 0 Å². The van der Waals surface area contributed by atoms with Crippen molar-refractivity contribution in [2.24, 2.45) is 12.8 Å². The van der Waals surface area contributed by atoms with Gasteiger partial charge in [-0.2, -0.15) is 0 Å². The van der Waals surface area contributed by atoms with E-state index < -0.39 is 12.1 Å². The number of ether oxygens (including phenoxy) is 3. The number of carbonyl (C=O) groups is 1. The number of hydrogen-bond donors (Lipinski definition) is 2. The van der Waals surface area contributed by atoms with E-state index in [0.29, 0.717) is 17.3 Å². The topological polar surface area (TPSA) is 101 Å². The number of hydrogen-bond acceptors (Lipinski definition) is 6. The molecule has 0 saturated heterocycles. The first-order valence-corrected chi connectivity index (χ1v) is 7.75. The van der Waals surface area contributed by atoms with Gasteiger partial charge in [0.25, 0.3) is 0 Å². The van der Waals surface area contributed by atoms with Gasteiger partial charge < -0.3 is 29.8 Å². The normalized spacial score (nSPS) is 13.2. The van der Waals surface area contributed by atoms with E-state index in [1.165, 1.54) is 7.11 Å². The summed E-state index contributed by atoms with van der Waals surface area (Å²) in [5.41, 5.74) is 6.61. The molecule has 8 heteroatoms. The lowest BCUT2D eigenvalue weighted by molar-refractivity contribution is -0.124. The van der Waals surface area contributed by atoms with Gasteiger partial charge in [0.15, 0.2) is 0 Å². The maximum absolute atomic E-state index is 12.4. The molecule has 0 bridgehead atoms. The van der Waals surface area contributed by atoms with Crippen molar-refractivity contribution >= 4 is 5.91 Å². The standard InChI is InChI=1S/C17H24N4O4/c1-21-6-5-19-16(21)15(20-17(22)14(18)10-23-2)11-7-12(24-3)9-13(8-11)25-4/h5-9,14-15H,10,18H2,1-4H3,(H,20,22). The van der Waals surface area contributed by atoms with E-state index in [1.54, 1.807) is 32.7 Å². The molecular weight excluding hydrogens is 324 g/mol. The van der Waals surface area contributed by atoms with E-state index in [2.05, 4.69) is 10.3 Å². The van der Waals surface area contributed by atoms with E-state index in [9.17, 15) is 4.79 Å². The number of rotatable bonds is 8. The Morgan fingerprint density at radius 1 is 1.24 bits per heavy atom. The molecular formula is C17H24N4O4. The molecule has 136 valence electrons. The summed E-state index contributed by atoms with van der Waals surface area (Å²) in [7, 11) is 6.49. The van der Waals surface area contributed by atoms with Crippen molar-refractivity contribution < 1.29 is 19.0 Å². The Bertz CT molecular complexity index is 694. The predicted molar refractivity (Wildman–Crippen MR) is 92.6 cm³/mol. The SMILES string of the molecule is COCC(N)C(=O)NC(c1cc(OC)cc(OC)c1)c1nccn1C. The highest BCUT2D eigenvalue weighted by Crippen LogP contribution is 2.29. The minimum atomic E-state index is -0.778.